The molecule has 0 aliphatic carbocycles. The molecule has 14 heavy (non-hydrogen) atoms. The molecule has 2 heterocycles. The number of ether oxygens (including phenoxy) is 1. The third-order valence-corrected chi connectivity index (χ3v) is 3.52. The molecular formula is C9H14N2OS2. The van der Waals surface area contributed by atoms with Crippen LogP contribution in [0.1, 0.15) is 4.88 Å². The summed E-state index contributed by atoms with van der Waals surface area (Å²) in [6, 6.07) is 0. The largest absolute Gasteiger partial charge is 0.378 e. The van der Waals surface area contributed by atoms with Crippen molar-refractivity contribution in [1.29, 1.82) is 0 Å². The van der Waals surface area contributed by atoms with Crippen molar-refractivity contribution < 1.29 is 4.74 Å². The number of morpholine rings is 1. The number of thiazole rings is 1. The maximum atomic E-state index is 5.30. The molecule has 0 saturated carbocycles. The van der Waals surface area contributed by atoms with E-state index in [1.165, 1.54) is 4.88 Å². The first-order valence-electron chi connectivity index (χ1n) is 4.78. The Kier molecular flexibility index (Phi) is 3.67. The van der Waals surface area contributed by atoms with Gasteiger partial charge in [0.2, 0.25) is 0 Å². The number of nitrogens with zero attached hydrogens (tertiary/aromatic N) is 2. The number of rotatable bonds is 3. The van der Waals surface area contributed by atoms with E-state index in [0.29, 0.717) is 0 Å². The fraction of sp³-hybridized carbons (Fsp3) is 0.667. The van der Waals surface area contributed by atoms with E-state index < -0.39 is 0 Å². The van der Waals surface area contributed by atoms with Crippen molar-refractivity contribution >= 4 is 29.1 Å². The summed E-state index contributed by atoms with van der Waals surface area (Å²) >= 11 is 5.99. The summed E-state index contributed by atoms with van der Waals surface area (Å²) < 4.78 is 5.30. The second-order valence-corrected chi connectivity index (χ2v) is 4.72. The summed E-state index contributed by atoms with van der Waals surface area (Å²) in [6.45, 7) is 3.57. The van der Waals surface area contributed by atoms with Gasteiger partial charge in [0.25, 0.3) is 0 Å². The highest BCUT2D eigenvalue weighted by molar-refractivity contribution is 7.80. The van der Waals surface area contributed by atoms with Gasteiger partial charge in [0.1, 0.15) is 0 Å². The lowest BCUT2D eigenvalue weighted by atomic mass is 10.4. The predicted octanol–water partition coefficient (Wildman–Crippen LogP) is 1.45. The van der Waals surface area contributed by atoms with Gasteiger partial charge in [-0.1, -0.05) is 0 Å². The number of thiol groups is 1. The van der Waals surface area contributed by atoms with Crippen LogP contribution in [0.15, 0.2) is 6.20 Å². The van der Waals surface area contributed by atoms with E-state index in [1.54, 1.807) is 11.3 Å². The third kappa shape index (κ3) is 2.40. The summed E-state index contributed by atoms with van der Waals surface area (Å²) in [7, 11) is 0. The molecule has 1 fully saturated rings. The number of anilines is 1. The van der Waals surface area contributed by atoms with E-state index in [-0.39, 0.29) is 0 Å². The summed E-state index contributed by atoms with van der Waals surface area (Å²) in [5, 5.41) is 1.13. The Morgan fingerprint density at radius 1 is 1.50 bits per heavy atom. The van der Waals surface area contributed by atoms with Crippen LogP contribution in [-0.4, -0.2) is 37.0 Å². The average Bonchev–Trinajstić information content (AvgIpc) is 2.68. The van der Waals surface area contributed by atoms with Crippen molar-refractivity contribution in [2.24, 2.45) is 0 Å². The molecule has 0 amide bonds. The van der Waals surface area contributed by atoms with Gasteiger partial charge in [0.15, 0.2) is 5.13 Å². The van der Waals surface area contributed by atoms with E-state index in [9.17, 15) is 0 Å². The zero-order valence-electron chi connectivity index (χ0n) is 7.98. The molecule has 0 bridgehead atoms. The number of aromatic nitrogens is 1. The van der Waals surface area contributed by atoms with Gasteiger partial charge in [-0.15, -0.1) is 11.3 Å². The van der Waals surface area contributed by atoms with Crippen molar-refractivity contribution in [3.63, 3.8) is 0 Å². The zero-order chi connectivity index (χ0) is 9.80. The van der Waals surface area contributed by atoms with Crippen molar-refractivity contribution in [2.45, 2.75) is 6.42 Å². The van der Waals surface area contributed by atoms with Gasteiger partial charge in [0, 0.05) is 24.2 Å². The van der Waals surface area contributed by atoms with Gasteiger partial charge in [0.05, 0.1) is 13.2 Å². The van der Waals surface area contributed by atoms with Gasteiger partial charge in [-0.25, -0.2) is 4.98 Å². The van der Waals surface area contributed by atoms with E-state index in [0.717, 1.165) is 43.6 Å². The first-order valence-corrected chi connectivity index (χ1v) is 6.23. The maximum absolute atomic E-state index is 5.30. The Bertz CT molecular complexity index is 284. The van der Waals surface area contributed by atoms with Crippen molar-refractivity contribution in [1.82, 2.24) is 4.98 Å². The second kappa shape index (κ2) is 5.00. The van der Waals surface area contributed by atoms with E-state index in [2.05, 4.69) is 22.5 Å². The minimum Gasteiger partial charge on any atom is -0.378 e. The summed E-state index contributed by atoms with van der Waals surface area (Å²) in [4.78, 5) is 8.02. The van der Waals surface area contributed by atoms with Crippen LogP contribution < -0.4 is 4.90 Å². The molecule has 0 aromatic carbocycles. The van der Waals surface area contributed by atoms with Crippen molar-refractivity contribution in [2.75, 3.05) is 37.0 Å². The molecule has 1 aliphatic rings. The molecule has 0 unspecified atom stereocenters. The summed E-state index contributed by atoms with van der Waals surface area (Å²) in [6.07, 6.45) is 2.98. The molecule has 3 nitrogen and oxygen atoms in total. The van der Waals surface area contributed by atoms with E-state index in [1.807, 2.05) is 6.20 Å². The molecule has 0 radical (unpaired) electrons. The van der Waals surface area contributed by atoms with Gasteiger partial charge in [-0.2, -0.15) is 12.6 Å². The van der Waals surface area contributed by atoms with Gasteiger partial charge < -0.3 is 9.64 Å². The molecule has 1 saturated heterocycles. The first-order chi connectivity index (χ1) is 6.90. The molecule has 2 rings (SSSR count). The lowest BCUT2D eigenvalue weighted by Crippen LogP contribution is -2.36. The maximum Gasteiger partial charge on any atom is 0.185 e. The Hall–Kier alpha value is -0.260. The highest BCUT2D eigenvalue weighted by atomic mass is 32.1. The van der Waals surface area contributed by atoms with Gasteiger partial charge in [-0.05, 0) is 12.2 Å². The number of hydrogen-bond acceptors (Lipinski definition) is 5. The van der Waals surface area contributed by atoms with Crippen LogP contribution in [0, 0.1) is 0 Å². The molecule has 1 aliphatic heterocycles. The molecule has 5 heteroatoms. The molecule has 0 N–H and O–H groups in total. The van der Waals surface area contributed by atoms with Crippen LogP contribution in [0.4, 0.5) is 5.13 Å². The molecule has 1 aromatic rings. The molecular weight excluding hydrogens is 216 g/mol. The predicted molar refractivity (Wildman–Crippen MR) is 62.7 cm³/mol. The smallest absolute Gasteiger partial charge is 0.185 e. The molecule has 78 valence electrons. The minimum absolute atomic E-state index is 0.821. The van der Waals surface area contributed by atoms with Crippen LogP contribution in [-0.2, 0) is 11.2 Å². The van der Waals surface area contributed by atoms with E-state index >= 15 is 0 Å². The minimum atomic E-state index is 0.821. The fourth-order valence-corrected chi connectivity index (χ4v) is 2.78. The fourth-order valence-electron chi connectivity index (χ4n) is 1.42. The second-order valence-electron chi connectivity index (χ2n) is 3.18. The monoisotopic (exact) mass is 230 g/mol. The Labute approximate surface area is 93.5 Å². The Balaban J connectivity index is 2.00. The van der Waals surface area contributed by atoms with Crippen LogP contribution in [0.3, 0.4) is 0 Å². The normalized spacial score (nSPS) is 17.4. The third-order valence-electron chi connectivity index (χ3n) is 2.18. The standard InChI is InChI=1S/C9H14N2OS2/c13-6-1-8-7-10-9(14-8)11-2-4-12-5-3-11/h7,13H,1-6H2. The molecule has 0 atom stereocenters. The lowest BCUT2D eigenvalue weighted by molar-refractivity contribution is 0.122. The van der Waals surface area contributed by atoms with Crippen LogP contribution in [0.25, 0.3) is 0 Å². The van der Waals surface area contributed by atoms with Crippen molar-refractivity contribution in [3.05, 3.63) is 11.1 Å². The van der Waals surface area contributed by atoms with Gasteiger partial charge in [-0.3, -0.25) is 0 Å². The summed E-state index contributed by atoms with van der Waals surface area (Å²) in [5.74, 6) is 0.894. The molecule has 0 spiro atoms. The average molecular weight is 230 g/mol. The first kappa shape index (κ1) is 10.3. The highest BCUT2D eigenvalue weighted by Crippen LogP contribution is 2.23. The Morgan fingerprint density at radius 3 is 3.00 bits per heavy atom. The Morgan fingerprint density at radius 2 is 2.29 bits per heavy atom. The topological polar surface area (TPSA) is 25.4 Å². The SMILES string of the molecule is SCCc1cnc(N2CCOCC2)s1. The number of hydrogen-bond donors (Lipinski definition) is 1. The van der Waals surface area contributed by atoms with Crippen LogP contribution >= 0.6 is 24.0 Å². The number of aryl methyl sites for hydroxylation is 1. The van der Waals surface area contributed by atoms with Crippen LogP contribution in [0.5, 0.6) is 0 Å². The van der Waals surface area contributed by atoms with Crippen molar-refractivity contribution in [3.8, 4) is 0 Å². The molecule has 1 aromatic heterocycles. The highest BCUT2D eigenvalue weighted by Gasteiger charge is 2.14. The summed E-state index contributed by atoms with van der Waals surface area (Å²) in [5.41, 5.74) is 0. The van der Waals surface area contributed by atoms with Gasteiger partial charge >= 0.3 is 0 Å². The zero-order valence-corrected chi connectivity index (χ0v) is 9.69. The lowest BCUT2D eigenvalue weighted by Gasteiger charge is -2.25. The van der Waals surface area contributed by atoms with Crippen LogP contribution in [0.2, 0.25) is 0 Å². The van der Waals surface area contributed by atoms with E-state index in [4.69, 9.17) is 4.74 Å². The quantitative estimate of drug-likeness (QED) is 0.796.